The van der Waals surface area contributed by atoms with Gasteiger partial charge in [-0.25, -0.2) is 8.42 Å². The van der Waals surface area contributed by atoms with Crippen molar-refractivity contribution in [3.63, 3.8) is 0 Å². The van der Waals surface area contributed by atoms with Crippen molar-refractivity contribution in [2.24, 2.45) is 5.92 Å². The van der Waals surface area contributed by atoms with Gasteiger partial charge in [-0.1, -0.05) is 25.1 Å². The summed E-state index contributed by atoms with van der Waals surface area (Å²) in [5.41, 5.74) is 2.23. The quantitative estimate of drug-likeness (QED) is 0.881. The highest BCUT2D eigenvalue weighted by Crippen LogP contribution is 2.43. The molecule has 2 heterocycles. The van der Waals surface area contributed by atoms with Crippen LogP contribution in [0.5, 0.6) is 0 Å². The molecule has 4 rings (SSSR count). The van der Waals surface area contributed by atoms with Gasteiger partial charge in [0.1, 0.15) is 0 Å². The first kappa shape index (κ1) is 15.7. The second kappa shape index (κ2) is 5.90. The molecular formula is C19H22N2O2S. The molecule has 3 atom stereocenters. The summed E-state index contributed by atoms with van der Waals surface area (Å²) in [4.78, 5) is 0.739. The van der Waals surface area contributed by atoms with Crippen LogP contribution in [0.2, 0.25) is 0 Å². The maximum absolute atomic E-state index is 12.9. The maximum atomic E-state index is 12.9. The molecule has 24 heavy (non-hydrogen) atoms. The average molecular weight is 342 g/mol. The highest BCUT2D eigenvalue weighted by Gasteiger charge is 2.37. The van der Waals surface area contributed by atoms with Gasteiger partial charge < -0.3 is 10.6 Å². The lowest BCUT2D eigenvalue weighted by molar-refractivity contribution is 0.454. The van der Waals surface area contributed by atoms with E-state index in [2.05, 4.69) is 17.6 Å². The van der Waals surface area contributed by atoms with E-state index in [0.717, 1.165) is 30.8 Å². The summed E-state index contributed by atoms with van der Waals surface area (Å²) in [7, 11) is -3.46. The van der Waals surface area contributed by atoms with Crippen LogP contribution in [0.1, 0.15) is 24.8 Å². The van der Waals surface area contributed by atoms with Crippen molar-refractivity contribution in [2.75, 3.05) is 18.4 Å². The summed E-state index contributed by atoms with van der Waals surface area (Å²) in [5.74, 6) is 0.884. The molecule has 1 saturated heterocycles. The molecule has 5 heteroatoms. The molecule has 0 aliphatic carbocycles. The fraction of sp³-hybridized carbons (Fsp3) is 0.368. The predicted molar refractivity (Wildman–Crippen MR) is 95.1 cm³/mol. The van der Waals surface area contributed by atoms with Crippen molar-refractivity contribution in [2.45, 2.75) is 35.1 Å². The Bertz CT molecular complexity index is 849. The lowest BCUT2D eigenvalue weighted by Crippen LogP contribution is -2.31. The second-order valence-electron chi connectivity index (χ2n) is 6.81. The Kier molecular flexibility index (Phi) is 3.85. The van der Waals surface area contributed by atoms with Crippen LogP contribution < -0.4 is 10.6 Å². The summed E-state index contributed by atoms with van der Waals surface area (Å²) in [6, 6.07) is 14.6. The van der Waals surface area contributed by atoms with E-state index in [9.17, 15) is 8.42 Å². The summed E-state index contributed by atoms with van der Waals surface area (Å²) >= 11 is 0. The Labute approximate surface area is 143 Å². The SMILES string of the molecule is CC1CNCC[C@H]2c3cc(S(=O)(=O)c4ccccc4)ccc3NC12. The molecule has 4 nitrogen and oxygen atoms in total. The largest absolute Gasteiger partial charge is 0.381 e. The minimum Gasteiger partial charge on any atom is -0.381 e. The normalized spacial score (nSPS) is 26.1. The molecule has 0 amide bonds. The highest BCUT2D eigenvalue weighted by molar-refractivity contribution is 7.91. The van der Waals surface area contributed by atoms with Crippen molar-refractivity contribution >= 4 is 15.5 Å². The van der Waals surface area contributed by atoms with Crippen LogP contribution >= 0.6 is 0 Å². The Balaban J connectivity index is 1.75. The van der Waals surface area contributed by atoms with Crippen LogP contribution in [0.4, 0.5) is 5.69 Å². The average Bonchev–Trinajstić information content (AvgIpc) is 2.87. The van der Waals surface area contributed by atoms with Gasteiger partial charge in [0.15, 0.2) is 0 Å². The zero-order valence-electron chi connectivity index (χ0n) is 13.7. The number of hydrogen-bond acceptors (Lipinski definition) is 4. The van der Waals surface area contributed by atoms with Crippen LogP contribution in [0, 0.1) is 5.92 Å². The van der Waals surface area contributed by atoms with E-state index in [4.69, 9.17) is 0 Å². The van der Waals surface area contributed by atoms with E-state index in [1.807, 2.05) is 18.2 Å². The molecule has 2 aliphatic rings. The molecule has 0 radical (unpaired) electrons. The molecule has 2 aliphatic heterocycles. The maximum Gasteiger partial charge on any atom is 0.206 e. The summed E-state index contributed by atoms with van der Waals surface area (Å²) in [5, 5.41) is 7.08. The topological polar surface area (TPSA) is 58.2 Å². The van der Waals surface area contributed by atoms with Crippen LogP contribution in [0.25, 0.3) is 0 Å². The third kappa shape index (κ3) is 2.52. The van der Waals surface area contributed by atoms with E-state index in [1.165, 1.54) is 0 Å². The third-order valence-electron chi connectivity index (χ3n) is 5.25. The second-order valence-corrected chi connectivity index (χ2v) is 8.76. The molecule has 1 fully saturated rings. The van der Waals surface area contributed by atoms with Gasteiger partial charge in [-0.3, -0.25) is 0 Å². The lowest BCUT2D eigenvalue weighted by Gasteiger charge is -2.22. The predicted octanol–water partition coefficient (Wildman–Crippen LogP) is 3.03. The van der Waals surface area contributed by atoms with E-state index in [0.29, 0.717) is 27.7 Å². The van der Waals surface area contributed by atoms with Crippen LogP contribution in [0.3, 0.4) is 0 Å². The summed E-state index contributed by atoms with van der Waals surface area (Å²) in [6.45, 7) is 4.22. The Hall–Kier alpha value is -1.85. The number of hydrogen-bond donors (Lipinski definition) is 2. The number of fused-ring (bicyclic) bond motifs is 3. The van der Waals surface area contributed by atoms with Crippen molar-refractivity contribution < 1.29 is 8.42 Å². The molecule has 2 aromatic carbocycles. The fourth-order valence-electron chi connectivity index (χ4n) is 3.94. The Morgan fingerprint density at radius 3 is 2.62 bits per heavy atom. The van der Waals surface area contributed by atoms with E-state index in [-0.39, 0.29) is 0 Å². The zero-order chi connectivity index (χ0) is 16.7. The minimum atomic E-state index is -3.46. The first-order valence-corrected chi connectivity index (χ1v) is 9.97. The fourth-order valence-corrected chi connectivity index (χ4v) is 5.26. The number of sulfone groups is 1. The first-order valence-electron chi connectivity index (χ1n) is 8.49. The molecule has 126 valence electrons. The first-order chi connectivity index (χ1) is 11.6. The van der Waals surface area contributed by atoms with Gasteiger partial charge in [0.25, 0.3) is 0 Å². The molecule has 2 aromatic rings. The van der Waals surface area contributed by atoms with E-state index < -0.39 is 9.84 Å². The van der Waals surface area contributed by atoms with Gasteiger partial charge in [0.05, 0.1) is 9.79 Å². The molecule has 0 spiro atoms. The van der Waals surface area contributed by atoms with Gasteiger partial charge in [0, 0.05) is 17.6 Å². The molecule has 0 aromatic heterocycles. The molecule has 2 N–H and O–H groups in total. The van der Waals surface area contributed by atoms with Gasteiger partial charge in [-0.05, 0) is 61.3 Å². The van der Waals surface area contributed by atoms with Crippen molar-refractivity contribution in [1.82, 2.24) is 5.32 Å². The van der Waals surface area contributed by atoms with Gasteiger partial charge in [-0.2, -0.15) is 0 Å². The number of benzene rings is 2. The van der Waals surface area contributed by atoms with Crippen LogP contribution in [-0.4, -0.2) is 27.5 Å². The van der Waals surface area contributed by atoms with Gasteiger partial charge >= 0.3 is 0 Å². The highest BCUT2D eigenvalue weighted by atomic mass is 32.2. The minimum absolute atomic E-state index is 0.350. The summed E-state index contributed by atoms with van der Waals surface area (Å²) < 4.78 is 25.8. The zero-order valence-corrected chi connectivity index (χ0v) is 14.5. The number of anilines is 1. The monoisotopic (exact) mass is 342 g/mol. The molecule has 0 bridgehead atoms. The smallest absolute Gasteiger partial charge is 0.206 e. The number of rotatable bonds is 2. The van der Waals surface area contributed by atoms with Crippen molar-refractivity contribution in [3.8, 4) is 0 Å². The van der Waals surface area contributed by atoms with E-state index in [1.54, 1.807) is 30.3 Å². The third-order valence-corrected chi connectivity index (χ3v) is 7.02. The standard InChI is InChI=1S/C19H22N2O2S/c1-13-12-20-10-9-16-17-11-15(7-8-18(17)21-19(13)16)24(22,23)14-5-3-2-4-6-14/h2-8,11,13,16,19-21H,9-10,12H2,1H3/t13?,16-,19?/m0/s1. The van der Waals surface area contributed by atoms with E-state index >= 15 is 0 Å². The molecule has 0 saturated carbocycles. The number of nitrogens with one attached hydrogen (secondary N) is 2. The van der Waals surface area contributed by atoms with Crippen LogP contribution in [0.15, 0.2) is 58.3 Å². The van der Waals surface area contributed by atoms with Crippen molar-refractivity contribution in [3.05, 3.63) is 54.1 Å². The Morgan fingerprint density at radius 1 is 1.04 bits per heavy atom. The van der Waals surface area contributed by atoms with Gasteiger partial charge in [0.2, 0.25) is 9.84 Å². The van der Waals surface area contributed by atoms with Crippen molar-refractivity contribution in [1.29, 1.82) is 0 Å². The van der Waals surface area contributed by atoms with Gasteiger partial charge in [-0.15, -0.1) is 0 Å². The Morgan fingerprint density at radius 2 is 1.83 bits per heavy atom. The molecule has 2 unspecified atom stereocenters. The summed E-state index contributed by atoms with van der Waals surface area (Å²) in [6.07, 6.45) is 1.03. The lowest BCUT2D eigenvalue weighted by atomic mass is 9.87. The molecular weight excluding hydrogens is 320 g/mol. The van der Waals surface area contributed by atoms with Crippen LogP contribution in [-0.2, 0) is 9.84 Å².